The van der Waals surface area contributed by atoms with Crippen molar-refractivity contribution in [1.82, 2.24) is 0 Å². The monoisotopic (exact) mass is 380 g/mol. The van der Waals surface area contributed by atoms with E-state index in [-0.39, 0.29) is 11.5 Å². The minimum Gasteiger partial charge on any atom is -0.478 e. The lowest BCUT2D eigenvalue weighted by Gasteiger charge is -2.22. The Bertz CT molecular complexity index is 899. The third kappa shape index (κ3) is 4.19. The van der Waals surface area contributed by atoms with Gasteiger partial charge in [-0.15, -0.1) is 0 Å². The molecule has 5 heteroatoms. The molecule has 0 radical (unpaired) electrons. The van der Waals surface area contributed by atoms with Crippen LogP contribution >= 0.6 is 0 Å². The second-order valence-corrected chi connectivity index (χ2v) is 8.53. The maximum atomic E-state index is 12.3. The van der Waals surface area contributed by atoms with Gasteiger partial charge >= 0.3 is 5.97 Å². The van der Waals surface area contributed by atoms with Crippen LogP contribution in [0.25, 0.3) is 0 Å². The highest BCUT2D eigenvalue weighted by molar-refractivity contribution is 6.02. The van der Waals surface area contributed by atoms with E-state index in [9.17, 15) is 14.7 Å². The molecular weight excluding hydrogens is 352 g/mol. The summed E-state index contributed by atoms with van der Waals surface area (Å²) in [6.07, 6.45) is 1.04. The van der Waals surface area contributed by atoms with Gasteiger partial charge in [0.15, 0.2) is 0 Å². The van der Waals surface area contributed by atoms with Gasteiger partial charge in [0.05, 0.1) is 11.3 Å². The molecule has 0 saturated carbocycles. The van der Waals surface area contributed by atoms with Crippen molar-refractivity contribution in [2.24, 2.45) is 5.41 Å². The Balaban J connectivity index is 1.82. The zero-order valence-corrected chi connectivity index (χ0v) is 17.0. The Morgan fingerprint density at radius 2 is 1.86 bits per heavy atom. The van der Waals surface area contributed by atoms with Gasteiger partial charge in [0, 0.05) is 30.1 Å². The van der Waals surface area contributed by atoms with Crippen LogP contribution in [0.1, 0.15) is 54.6 Å². The van der Waals surface area contributed by atoms with Crippen LogP contribution < -0.4 is 10.2 Å². The fourth-order valence-corrected chi connectivity index (χ4v) is 3.62. The number of anilines is 2. The van der Waals surface area contributed by atoms with E-state index in [4.69, 9.17) is 0 Å². The number of rotatable bonds is 4. The molecule has 1 amide bonds. The second-order valence-electron chi connectivity index (χ2n) is 8.53. The number of carboxylic acids is 1. The maximum absolute atomic E-state index is 12.3. The van der Waals surface area contributed by atoms with Gasteiger partial charge in [0.2, 0.25) is 5.91 Å². The SMILES string of the molecule is Cc1ccccc1[C@@H]1CCN(c2ccc(NC(=O)C(C)(C)C)c(C(=O)O)c2)C1. The first-order chi connectivity index (χ1) is 13.2. The Labute approximate surface area is 166 Å². The van der Waals surface area contributed by atoms with Crippen molar-refractivity contribution in [3.63, 3.8) is 0 Å². The van der Waals surface area contributed by atoms with E-state index in [1.165, 1.54) is 11.1 Å². The first-order valence-corrected chi connectivity index (χ1v) is 9.66. The average molecular weight is 380 g/mol. The van der Waals surface area contributed by atoms with Gasteiger partial charge in [-0.2, -0.15) is 0 Å². The first-order valence-electron chi connectivity index (χ1n) is 9.66. The molecule has 5 nitrogen and oxygen atoms in total. The van der Waals surface area contributed by atoms with Gasteiger partial charge in [-0.1, -0.05) is 45.0 Å². The van der Waals surface area contributed by atoms with Gasteiger partial charge in [0.25, 0.3) is 0 Å². The molecule has 2 N–H and O–H groups in total. The lowest BCUT2D eigenvalue weighted by molar-refractivity contribution is -0.123. The standard InChI is InChI=1S/C23H28N2O3/c1-15-7-5-6-8-18(15)16-11-12-25(14-16)17-9-10-20(19(13-17)21(26)27)24-22(28)23(2,3)4/h5-10,13,16H,11-12,14H2,1-4H3,(H,24,28)(H,26,27)/t16-/m1/s1. The van der Waals surface area contributed by atoms with E-state index in [0.29, 0.717) is 11.6 Å². The molecule has 1 aliphatic heterocycles. The fourth-order valence-electron chi connectivity index (χ4n) is 3.62. The molecule has 1 atom stereocenters. The zero-order chi connectivity index (χ0) is 20.5. The summed E-state index contributed by atoms with van der Waals surface area (Å²) in [5, 5.41) is 12.4. The van der Waals surface area contributed by atoms with Gasteiger partial charge in [-0.25, -0.2) is 4.79 Å². The summed E-state index contributed by atoms with van der Waals surface area (Å²) in [5.41, 5.74) is 3.39. The summed E-state index contributed by atoms with van der Waals surface area (Å²) >= 11 is 0. The molecule has 0 spiro atoms. The summed E-state index contributed by atoms with van der Waals surface area (Å²) in [6.45, 7) is 9.27. The van der Waals surface area contributed by atoms with E-state index in [2.05, 4.69) is 41.4 Å². The highest BCUT2D eigenvalue weighted by atomic mass is 16.4. The molecular formula is C23H28N2O3. The number of carbonyl (C=O) groups is 2. The predicted molar refractivity (Wildman–Crippen MR) is 112 cm³/mol. The molecule has 1 fully saturated rings. The molecule has 0 aromatic heterocycles. The number of amides is 1. The third-order valence-electron chi connectivity index (χ3n) is 5.34. The number of carboxylic acid groups (broad SMARTS) is 1. The summed E-state index contributed by atoms with van der Waals surface area (Å²) in [6, 6.07) is 13.7. The molecule has 0 unspecified atom stereocenters. The Kier molecular flexibility index (Phi) is 5.45. The summed E-state index contributed by atoms with van der Waals surface area (Å²) < 4.78 is 0. The fraction of sp³-hybridized carbons (Fsp3) is 0.391. The van der Waals surface area contributed by atoms with Crippen LogP contribution in [0.4, 0.5) is 11.4 Å². The van der Waals surface area contributed by atoms with Crippen LogP contribution in [0.2, 0.25) is 0 Å². The van der Waals surface area contributed by atoms with Crippen LogP contribution in [0.5, 0.6) is 0 Å². The van der Waals surface area contributed by atoms with Crippen LogP contribution in [0.3, 0.4) is 0 Å². The molecule has 2 aromatic rings. The highest BCUT2D eigenvalue weighted by Gasteiger charge is 2.27. The van der Waals surface area contributed by atoms with E-state index in [1.54, 1.807) is 32.9 Å². The Hall–Kier alpha value is -2.82. The van der Waals surface area contributed by atoms with E-state index < -0.39 is 11.4 Å². The predicted octanol–water partition coefficient (Wildman–Crippen LogP) is 4.67. The largest absolute Gasteiger partial charge is 0.478 e. The van der Waals surface area contributed by atoms with Crippen LogP contribution in [0.15, 0.2) is 42.5 Å². The molecule has 28 heavy (non-hydrogen) atoms. The Morgan fingerprint density at radius 1 is 1.14 bits per heavy atom. The second kappa shape index (κ2) is 7.66. The lowest BCUT2D eigenvalue weighted by atomic mass is 9.94. The smallest absolute Gasteiger partial charge is 0.337 e. The van der Waals surface area contributed by atoms with Crippen molar-refractivity contribution in [2.75, 3.05) is 23.3 Å². The van der Waals surface area contributed by atoms with Crippen molar-refractivity contribution < 1.29 is 14.7 Å². The van der Waals surface area contributed by atoms with E-state index >= 15 is 0 Å². The molecule has 148 valence electrons. The number of aromatic carboxylic acids is 1. The first kappa shape index (κ1) is 19.9. The molecule has 1 heterocycles. The zero-order valence-electron chi connectivity index (χ0n) is 17.0. The van der Waals surface area contributed by atoms with Gasteiger partial charge in [-0.3, -0.25) is 4.79 Å². The van der Waals surface area contributed by atoms with Crippen molar-refractivity contribution in [3.8, 4) is 0 Å². The normalized spacial score (nSPS) is 16.9. The average Bonchev–Trinajstić information content (AvgIpc) is 3.11. The third-order valence-corrected chi connectivity index (χ3v) is 5.34. The number of nitrogens with zero attached hydrogens (tertiary/aromatic N) is 1. The van der Waals surface area contributed by atoms with Crippen molar-refractivity contribution in [3.05, 3.63) is 59.2 Å². The molecule has 1 saturated heterocycles. The molecule has 2 aromatic carbocycles. The molecule has 1 aliphatic rings. The number of hydrogen-bond donors (Lipinski definition) is 2. The number of nitrogens with one attached hydrogen (secondary N) is 1. The topological polar surface area (TPSA) is 69.6 Å². The molecule has 0 bridgehead atoms. The quantitative estimate of drug-likeness (QED) is 0.809. The van der Waals surface area contributed by atoms with E-state index in [1.807, 2.05) is 6.07 Å². The molecule has 0 aliphatic carbocycles. The molecule has 3 rings (SSSR count). The number of hydrogen-bond acceptors (Lipinski definition) is 3. The van der Waals surface area contributed by atoms with Gasteiger partial charge in [-0.05, 0) is 42.7 Å². The number of carbonyl (C=O) groups excluding carboxylic acids is 1. The van der Waals surface area contributed by atoms with E-state index in [0.717, 1.165) is 25.2 Å². The Morgan fingerprint density at radius 3 is 2.50 bits per heavy atom. The number of benzene rings is 2. The van der Waals surface area contributed by atoms with Crippen LogP contribution in [-0.2, 0) is 4.79 Å². The summed E-state index contributed by atoms with van der Waals surface area (Å²) in [4.78, 5) is 26.3. The minimum atomic E-state index is -1.04. The van der Waals surface area contributed by atoms with Crippen molar-refractivity contribution in [1.29, 1.82) is 0 Å². The van der Waals surface area contributed by atoms with Crippen molar-refractivity contribution >= 4 is 23.3 Å². The van der Waals surface area contributed by atoms with Crippen LogP contribution in [-0.4, -0.2) is 30.1 Å². The number of aryl methyl sites for hydroxylation is 1. The van der Waals surface area contributed by atoms with Gasteiger partial charge < -0.3 is 15.3 Å². The van der Waals surface area contributed by atoms with Gasteiger partial charge in [0.1, 0.15) is 0 Å². The maximum Gasteiger partial charge on any atom is 0.337 e. The lowest BCUT2D eigenvalue weighted by Crippen LogP contribution is -2.28. The van der Waals surface area contributed by atoms with Crippen molar-refractivity contribution in [2.45, 2.75) is 40.0 Å². The van der Waals surface area contributed by atoms with Crippen LogP contribution in [0, 0.1) is 12.3 Å². The highest BCUT2D eigenvalue weighted by Crippen LogP contribution is 2.34. The minimum absolute atomic E-state index is 0.120. The summed E-state index contributed by atoms with van der Waals surface area (Å²) in [7, 11) is 0. The summed E-state index contributed by atoms with van der Waals surface area (Å²) in [5.74, 6) is -0.806.